The van der Waals surface area contributed by atoms with E-state index in [2.05, 4.69) is 25.7 Å². The zero-order valence-electron chi connectivity index (χ0n) is 20.5. The molecule has 186 valence electrons. The Hall–Kier alpha value is -3.28. The summed E-state index contributed by atoms with van der Waals surface area (Å²) in [5.41, 5.74) is 3.78. The van der Waals surface area contributed by atoms with Gasteiger partial charge in [-0.2, -0.15) is 0 Å². The Morgan fingerprint density at radius 3 is 2.08 bits per heavy atom. The van der Waals surface area contributed by atoms with Gasteiger partial charge < -0.3 is 10.0 Å². The maximum atomic E-state index is 13.4. The summed E-state index contributed by atoms with van der Waals surface area (Å²) in [4.78, 5) is 30.4. The Labute approximate surface area is 221 Å². The van der Waals surface area contributed by atoms with E-state index in [1.54, 1.807) is 12.1 Å². The highest BCUT2D eigenvalue weighted by Gasteiger charge is 2.47. The van der Waals surface area contributed by atoms with Crippen molar-refractivity contribution in [1.82, 2.24) is 0 Å². The molecule has 1 fully saturated rings. The van der Waals surface area contributed by atoms with E-state index in [-0.39, 0.29) is 16.4 Å². The van der Waals surface area contributed by atoms with Gasteiger partial charge in [0.1, 0.15) is 5.76 Å². The van der Waals surface area contributed by atoms with Crippen molar-refractivity contribution in [2.24, 2.45) is 0 Å². The van der Waals surface area contributed by atoms with E-state index in [0.29, 0.717) is 21.8 Å². The van der Waals surface area contributed by atoms with E-state index in [1.165, 1.54) is 11.0 Å². The van der Waals surface area contributed by atoms with Crippen LogP contribution in [0.1, 0.15) is 43.5 Å². The molecule has 5 nitrogen and oxygen atoms in total. The molecule has 1 N–H and O–H groups in total. The number of anilines is 2. The molecule has 1 amide bonds. The summed E-state index contributed by atoms with van der Waals surface area (Å²) in [5, 5.41) is 11.9. The van der Waals surface area contributed by atoms with Crippen molar-refractivity contribution in [3.8, 4) is 0 Å². The quantitative estimate of drug-likeness (QED) is 0.205. The summed E-state index contributed by atoms with van der Waals surface area (Å²) < 4.78 is 0. The molecular weight excluding hydrogens is 495 g/mol. The number of hydrogen-bond donors (Lipinski definition) is 1. The minimum Gasteiger partial charge on any atom is -0.507 e. The number of carbonyl (C=O) groups excluding carboxylic acids is 2. The summed E-state index contributed by atoms with van der Waals surface area (Å²) in [7, 11) is 0. The van der Waals surface area contributed by atoms with Gasteiger partial charge in [-0.15, -0.1) is 0 Å². The lowest BCUT2D eigenvalue weighted by molar-refractivity contribution is -0.132. The Balaban J connectivity index is 1.89. The number of aliphatic hydroxyl groups is 1. The van der Waals surface area contributed by atoms with Crippen molar-refractivity contribution in [3.05, 3.63) is 99.0 Å². The fourth-order valence-corrected chi connectivity index (χ4v) is 4.86. The number of benzene rings is 3. The van der Waals surface area contributed by atoms with Gasteiger partial charge in [0.05, 0.1) is 21.7 Å². The molecule has 3 aromatic rings. The summed E-state index contributed by atoms with van der Waals surface area (Å²) in [6, 6.07) is 19.1. The van der Waals surface area contributed by atoms with Crippen molar-refractivity contribution in [2.45, 2.75) is 33.2 Å². The Bertz CT molecular complexity index is 1310. The summed E-state index contributed by atoms with van der Waals surface area (Å²) in [5.74, 6) is -1.74. The lowest BCUT2D eigenvalue weighted by Gasteiger charge is -2.27. The number of carbonyl (C=O) groups is 2. The van der Waals surface area contributed by atoms with Crippen molar-refractivity contribution >= 4 is 52.0 Å². The maximum absolute atomic E-state index is 13.4. The molecule has 0 bridgehead atoms. The van der Waals surface area contributed by atoms with Crippen LogP contribution >= 0.6 is 23.2 Å². The third-order valence-corrected chi connectivity index (χ3v) is 7.34. The monoisotopic (exact) mass is 522 g/mol. The summed E-state index contributed by atoms with van der Waals surface area (Å²) in [6.07, 6.45) is 0.854. The first-order chi connectivity index (χ1) is 17.3. The van der Waals surface area contributed by atoms with E-state index in [9.17, 15) is 14.7 Å². The van der Waals surface area contributed by atoms with Gasteiger partial charge >= 0.3 is 0 Å². The standard InChI is InChI=1S/C29H28Cl2N2O3/c1-4-18-7-12-22(13-8-18)33-26(19-9-14-21(15-10-19)32(5-2)6-3)25(28(35)29(33)36)27(34)20-11-16-23(30)24(31)17-20/h7-17,26,34H,4-6H2,1-3H3/b27-25-. The second-order valence-electron chi connectivity index (χ2n) is 8.58. The number of halogens is 2. The molecule has 1 atom stereocenters. The molecular formula is C29H28Cl2N2O3. The number of ketones is 1. The van der Waals surface area contributed by atoms with E-state index in [4.69, 9.17) is 23.2 Å². The van der Waals surface area contributed by atoms with Gasteiger partial charge in [-0.25, -0.2) is 0 Å². The predicted octanol–water partition coefficient (Wildman–Crippen LogP) is 7.03. The first kappa shape index (κ1) is 25.8. The minimum absolute atomic E-state index is 0.00791. The van der Waals surface area contributed by atoms with Crippen LogP contribution in [0.25, 0.3) is 5.76 Å². The highest BCUT2D eigenvalue weighted by Crippen LogP contribution is 2.43. The van der Waals surface area contributed by atoms with Crippen LogP contribution < -0.4 is 9.80 Å². The molecule has 1 aliphatic heterocycles. The molecule has 3 aromatic carbocycles. The third kappa shape index (κ3) is 4.73. The molecule has 0 aliphatic carbocycles. The first-order valence-corrected chi connectivity index (χ1v) is 12.8. The number of aryl methyl sites for hydroxylation is 1. The highest BCUT2D eigenvalue weighted by atomic mass is 35.5. The minimum atomic E-state index is -0.808. The summed E-state index contributed by atoms with van der Waals surface area (Å²) >= 11 is 12.2. The lowest BCUT2D eigenvalue weighted by Crippen LogP contribution is -2.29. The topological polar surface area (TPSA) is 60.9 Å². The van der Waals surface area contributed by atoms with Crippen LogP contribution in [-0.4, -0.2) is 29.9 Å². The number of amides is 1. The molecule has 7 heteroatoms. The first-order valence-electron chi connectivity index (χ1n) is 12.0. The highest BCUT2D eigenvalue weighted by molar-refractivity contribution is 6.51. The van der Waals surface area contributed by atoms with Crippen LogP contribution in [0, 0.1) is 0 Å². The lowest BCUT2D eigenvalue weighted by atomic mass is 9.94. The normalized spacial score (nSPS) is 17.0. The number of aliphatic hydroxyl groups excluding tert-OH is 1. The molecule has 4 rings (SSSR count). The average molecular weight is 523 g/mol. The second-order valence-corrected chi connectivity index (χ2v) is 9.40. The SMILES string of the molecule is CCc1ccc(N2C(=O)C(=O)/C(=C(\O)c3ccc(Cl)c(Cl)c3)C2c2ccc(N(CC)CC)cc2)cc1. The van der Waals surface area contributed by atoms with Gasteiger partial charge in [0.2, 0.25) is 0 Å². The van der Waals surface area contributed by atoms with Crippen molar-refractivity contribution < 1.29 is 14.7 Å². The molecule has 1 unspecified atom stereocenters. The predicted molar refractivity (Wildman–Crippen MR) is 147 cm³/mol. The largest absolute Gasteiger partial charge is 0.507 e. The van der Waals surface area contributed by atoms with Crippen LogP contribution in [0.4, 0.5) is 11.4 Å². The van der Waals surface area contributed by atoms with Gasteiger partial charge in [0, 0.05) is 30.0 Å². The summed E-state index contributed by atoms with van der Waals surface area (Å²) in [6.45, 7) is 7.94. The number of hydrogen-bond acceptors (Lipinski definition) is 4. The fraction of sp³-hybridized carbons (Fsp3) is 0.241. The van der Waals surface area contributed by atoms with Crippen molar-refractivity contribution in [1.29, 1.82) is 0 Å². The maximum Gasteiger partial charge on any atom is 0.300 e. The number of nitrogens with zero attached hydrogens (tertiary/aromatic N) is 2. The molecule has 0 spiro atoms. The van der Waals surface area contributed by atoms with Gasteiger partial charge in [0.25, 0.3) is 11.7 Å². The average Bonchev–Trinajstić information content (AvgIpc) is 3.16. The zero-order valence-corrected chi connectivity index (χ0v) is 22.0. The molecule has 0 radical (unpaired) electrons. The van der Waals surface area contributed by atoms with Crippen LogP contribution in [-0.2, 0) is 16.0 Å². The van der Waals surface area contributed by atoms with E-state index in [1.807, 2.05) is 48.5 Å². The van der Waals surface area contributed by atoms with E-state index in [0.717, 1.165) is 30.8 Å². The molecule has 0 aromatic heterocycles. The second kappa shape index (κ2) is 10.8. The van der Waals surface area contributed by atoms with Crippen molar-refractivity contribution in [2.75, 3.05) is 22.9 Å². The van der Waals surface area contributed by atoms with Gasteiger partial charge in [-0.3, -0.25) is 14.5 Å². The number of rotatable bonds is 7. The van der Waals surface area contributed by atoms with E-state index < -0.39 is 17.7 Å². The van der Waals surface area contributed by atoms with Gasteiger partial charge in [-0.1, -0.05) is 54.4 Å². The molecule has 1 saturated heterocycles. The van der Waals surface area contributed by atoms with Crippen LogP contribution in [0.2, 0.25) is 10.0 Å². The van der Waals surface area contributed by atoms with Crippen molar-refractivity contribution in [3.63, 3.8) is 0 Å². The molecule has 0 saturated carbocycles. The third-order valence-electron chi connectivity index (χ3n) is 6.60. The number of Topliss-reactive ketones (excluding diaryl/α,β-unsaturated/α-hetero) is 1. The van der Waals surface area contributed by atoms with Gasteiger partial charge in [-0.05, 0) is 73.9 Å². The Morgan fingerprint density at radius 2 is 1.53 bits per heavy atom. The van der Waals surface area contributed by atoms with Gasteiger partial charge in [0.15, 0.2) is 0 Å². The molecule has 36 heavy (non-hydrogen) atoms. The molecule has 1 aliphatic rings. The fourth-order valence-electron chi connectivity index (χ4n) is 4.56. The van der Waals surface area contributed by atoms with Crippen LogP contribution in [0.3, 0.4) is 0 Å². The van der Waals surface area contributed by atoms with Crippen LogP contribution in [0.5, 0.6) is 0 Å². The Kier molecular flexibility index (Phi) is 7.72. The molecule has 1 heterocycles. The van der Waals surface area contributed by atoms with E-state index >= 15 is 0 Å². The smallest absolute Gasteiger partial charge is 0.300 e. The zero-order chi connectivity index (χ0) is 26.0. The van der Waals surface area contributed by atoms with Crippen LogP contribution in [0.15, 0.2) is 72.3 Å². The Morgan fingerprint density at radius 1 is 0.889 bits per heavy atom.